The number of aromatic nitrogens is 5. The second kappa shape index (κ2) is 7.42. The molecule has 0 aromatic carbocycles. The monoisotopic (exact) mass is 384 g/mol. The molecule has 1 N–H and O–H groups in total. The molecule has 0 bridgehead atoms. The van der Waals surface area contributed by atoms with E-state index in [1.165, 1.54) is 13.4 Å². The van der Waals surface area contributed by atoms with E-state index in [-0.39, 0.29) is 5.56 Å². The number of H-pyrrole nitrogens is 1. The van der Waals surface area contributed by atoms with Crippen molar-refractivity contribution in [1.82, 2.24) is 29.8 Å². The summed E-state index contributed by atoms with van der Waals surface area (Å²) in [4.78, 5) is 34.3. The van der Waals surface area contributed by atoms with E-state index >= 15 is 0 Å². The van der Waals surface area contributed by atoms with Crippen LogP contribution in [0.1, 0.15) is 16.8 Å². The maximum absolute atomic E-state index is 12.6. The molecule has 4 heterocycles. The summed E-state index contributed by atoms with van der Waals surface area (Å²) in [6.07, 6.45) is 7.14. The Morgan fingerprint density at radius 2 is 2.11 bits per heavy atom. The van der Waals surface area contributed by atoms with Crippen LogP contribution in [0.4, 0.5) is 0 Å². The molecule has 4 rings (SSSR count). The Labute approximate surface area is 160 Å². The Morgan fingerprint density at radius 3 is 2.85 bits per heavy atom. The molecule has 3 aromatic rings. The van der Waals surface area contributed by atoms with Crippen LogP contribution in [0.5, 0.6) is 5.88 Å². The van der Waals surface area contributed by atoms with Gasteiger partial charge in [0.15, 0.2) is 0 Å². The van der Waals surface area contributed by atoms with Crippen molar-refractivity contribution in [2.45, 2.75) is 19.5 Å². The minimum atomic E-state index is -0.130. The maximum atomic E-state index is 12.6. The normalized spacial score (nSPS) is 14.0. The zero-order valence-corrected chi connectivity index (χ0v) is 15.4. The van der Waals surface area contributed by atoms with E-state index < -0.39 is 0 Å². The zero-order chi connectivity index (χ0) is 18.8. The molecule has 8 nitrogen and oxygen atoms in total. The topological polar surface area (TPSA) is 96.9 Å². The van der Waals surface area contributed by atoms with Crippen LogP contribution >= 0.6 is 11.6 Å². The lowest BCUT2D eigenvalue weighted by molar-refractivity contribution is 0.241. The molecule has 1 aliphatic heterocycles. The van der Waals surface area contributed by atoms with Gasteiger partial charge in [0.1, 0.15) is 17.2 Å². The molecule has 138 valence electrons. The number of methoxy groups -OCH3 is 1. The third kappa shape index (κ3) is 3.67. The number of aromatic amines is 1. The van der Waals surface area contributed by atoms with Crippen molar-refractivity contribution in [3.8, 4) is 17.3 Å². The van der Waals surface area contributed by atoms with Crippen LogP contribution < -0.4 is 10.3 Å². The average Bonchev–Trinajstić information content (AvgIpc) is 2.69. The van der Waals surface area contributed by atoms with Crippen LogP contribution in [0.2, 0.25) is 5.02 Å². The van der Waals surface area contributed by atoms with E-state index in [1.54, 1.807) is 18.6 Å². The number of nitrogens with zero attached hydrogens (tertiary/aromatic N) is 5. The number of nitrogens with one attached hydrogen (secondary N) is 1. The SMILES string of the molecule is COc1ncc(CN2CCc3nc(-c4cncnc4)[nH]c(=O)c3C2)cc1Cl. The van der Waals surface area contributed by atoms with E-state index in [9.17, 15) is 4.79 Å². The van der Waals surface area contributed by atoms with Gasteiger partial charge >= 0.3 is 0 Å². The van der Waals surface area contributed by atoms with Crippen LogP contribution in [0.15, 0.2) is 35.8 Å². The smallest absolute Gasteiger partial charge is 0.255 e. The molecule has 0 saturated heterocycles. The van der Waals surface area contributed by atoms with Crippen molar-refractivity contribution in [3.63, 3.8) is 0 Å². The minimum absolute atomic E-state index is 0.130. The lowest BCUT2D eigenvalue weighted by Crippen LogP contribution is -2.35. The Hall–Kier alpha value is -2.84. The van der Waals surface area contributed by atoms with Crippen molar-refractivity contribution in [1.29, 1.82) is 0 Å². The molecule has 0 atom stereocenters. The summed E-state index contributed by atoms with van der Waals surface area (Å²) in [6.45, 7) is 1.95. The third-order valence-corrected chi connectivity index (χ3v) is 4.72. The van der Waals surface area contributed by atoms with Gasteiger partial charge in [0, 0.05) is 44.6 Å². The summed E-state index contributed by atoms with van der Waals surface area (Å²) in [7, 11) is 1.53. The van der Waals surface area contributed by atoms with Crippen molar-refractivity contribution >= 4 is 11.6 Å². The summed E-state index contributed by atoms with van der Waals surface area (Å²) >= 11 is 6.15. The zero-order valence-electron chi connectivity index (χ0n) is 14.6. The Morgan fingerprint density at radius 1 is 1.30 bits per heavy atom. The molecule has 0 fully saturated rings. The highest BCUT2D eigenvalue weighted by Gasteiger charge is 2.22. The number of hydrogen-bond donors (Lipinski definition) is 1. The van der Waals surface area contributed by atoms with Crippen LogP contribution in [0.3, 0.4) is 0 Å². The quantitative estimate of drug-likeness (QED) is 0.733. The predicted octanol–water partition coefficient (Wildman–Crippen LogP) is 1.84. The summed E-state index contributed by atoms with van der Waals surface area (Å²) < 4.78 is 5.08. The van der Waals surface area contributed by atoms with E-state index in [1.807, 2.05) is 6.07 Å². The largest absolute Gasteiger partial charge is 0.480 e. The third-order valence-electron chi connectivity index (χ3n) is 4.45. The molecule has 0 saturated carbocycles. The first kappa shape index (κ1) is 17.6. The highest BCUT2D eigenvalue weighted by molar-refractivity contribution is 6.31. The lowest BCUT2D eigenvalue weighted by atomic mass is 10.1. The van der Waals surface area contributed by atoms with E-state index in [2.05, 4.69) is 29.8 Å². The fraction of sp³-hybridized carbons (Fsp3) is 0.278. The number of pyridine rings is 1. The summed E-state index contributed by atoms with van der Waals surface area (Å²) in [5.74, 6) is 0.904. The molecule has 0 aliphatic carbocycles. The van der Waals surface area contributed by atoms with Crippen molar-refractivity contribution < 1.29 is 4.74 Å². The van der Waals surface area contributed by atoms with Gasteiger partial charge in [-0.1, -0.05) is 11.6 Å². The van der Waals surface area contributed by atoms with Crippen LogP contribution in [-0.4, -0.2) is 43.5 Å². The standard InChI is InChI=1S/C18H17ClN6O2/c1-27-18-14(19)4-11(5-22-18)8-25-3-2-15-13(9-25)17(26)24-16(23-15)12-6-20-10-21-7-12/h4-7,10H,2-3,8-9H2,1H3,(H,23,24,26). The Kier molecular flexibility index (Phi) is 4.83. The van der Waals surface area contributed by atoms with Gasteiger partial charge in [0.25, 0.3) is 5.56 Å². The number of rotatable bonds is 4. The number of ether oxygens (including phenoxy) is 1. The fourth-order valence-electron chi connectivity index (χ4n) is 3.13. The molecule has 0 unspecified atom stereocenters. The number of halogens is 1. The van der Waals surface area contributed by atoms with Crippen molar-refractivity contribution in [3.05, 3.63) is 63.2 Å². The molecule has 1 aliphatic rings. The summed E-state index contributed by atoms with van der Waals surface area (Å²) in [6, 6.07) is 1.84. The molecule has 27 heavy (non-hydrogen) atoms. The first-order chi connectivity index (χ1) is 13.1. The fourth-order valence-corrected chi connectivity index (χ4v) is 3.40. The second-order valence-electron chi connectivity index (χ2n) is 6.26. The summed E-state index contributed by atoms with van der Waals surface area (Å²) in [5, 5.41) is 0.474. The van der Waals surface area contributed by atoms with Gasteiger partial charge < -0.3 is 9.72 Å². The maximum Gasteiger partial charge on any atom is 0.255 e. The first-order valence-corrected chi connectivity index (χ1v) is 8.80. The average molecular weight is 385 g/mol. The number of hydrogen-bond acceptors (Lipinski definition) is 7. The van der Waals surface area contributed by atoms with E-state index in [0.29, 0.717) is 47.4 Å². The van der Waals surface area contributed by atoms with Crippen LogP contribution in [0, 0.1) is 0 Å². The minimum Gasteiger partial charge on any atom is -0.480 e. The molecular weight excluding hydrogens is 368 g/mol. The van der Waals surface area contributed by atoms with Gasteiger partial charge in [-0.05, 0) is 11.6 Å². The molecule has 0 amide bonds. The first-order valence-electron chi connectivity index (χ1n) is 8.42. The van der Waals surface area contributed by atoms with Gasteiger partial charge in [0.05, 0.1) is 23.9 Å². The highest BCUT2D eigenvalue weighted by atomic mass is 35.5. The Bertz CT molecular complexity index is 1020. The van der Waals surface area contributed by atoms with Crippen LogP contribution in [-0.2, 0) is 19.5 Å². The second-order valence-corrected chi connectivity index (χ2v) is 6.67. The van der Waals surface area contributed by atoms with Gasteiger partial charge in [-0.2, -0.15) is 0 Å². The predicted molar refractivity (Wildman–Crippen MR) is 99.5 cm³/mol. The molecule has 0 spiro atoms. The number of fused-ring (bicyclic) bond motifs is 1. The van der Waals surface area contributed by atoms with Gasteiger partial charge in [0.2, 0.25) is 5.88 Å². The van der Waals surface area contributed by atoms with Crippen molar-refractivity contribution in [2.75, 3.05) is 13.7 Å². The molecule has 0 radical (unpaired) electrons. The van der Waals surface area contributed by atoms with E-state index in [4.69, 9.17) is 16.3 Å². The molecule has 3 aromatic heterocycles. The lowest BCUT2D eigenvalue weighted by Gasteiger charge is -2.27. The highest BCUT2D eigenvalue weighted by Crippen LogP contribution is 2.24. The molecular formula is C18H17ClN6O2. The molecule has 9 heteroatoms. The summed E-state index contributed by atoms with van der Waals surface area (Å²) in [5.41, 5.74) is 3.04. The van der Waals surface area contributed by atoms with Gasteiger partial charge in [-0.3, -0.25) is 9.69 Å². The van der Waals surface area contributed by atoms with Crippen LogP contribution in [0.25, 0.3) is 11.4 Å². The van der Waals surface area contributed by atoms with E-state index in [0.717, 1.165) is 17.8 Å². The van der Waals surface area contributed by atoms with Gasteiger partial charge in [-0.15, -0.1) is 0 Å². The van der Waals surface area contributed by atoms with Crippen molar-refractivity contribution in [2.24, 2.45) is 0 Å². The Balaban J connectivity index is 1.55. The van der Waals surface area contributed by atoms with Gasteiger partial charge in [-0.25, -0.2) is 19.9 Å².